The lowest BCUT2D eigenvalue weighted by Crippen LogP contribution is -1.96. The fourth-order valence-corrected chi connectivity index (χ4v) is 1.86. The van der Waals surface area contributed by atoms with E-state index in [0.717, 1.165) is 25.7 Å². The molecule has 0 radical (unpaired) electrons. The molecule has 0 amide bonds. The Morgan fingerprint density at radius 3 is 2.69 bits per heavy atom. The van der Waals surface area contributed by atoms with E-state index in [9.17, 15) is 4.79 Å². The van der Waals surface area contributed by atoms with E-state index in [1.807, 2.05) is 0 Å². The van der Waals surface area contributed by atoms with Gasteiger partial charge in [0.2, 0.25) is 0 Å². The van der Waals surface area contributed by atoms with Crippen molar-refractivity contribution in [1.82, 2.24) is 0 Å². The van der Waals surface area contributed by atoms with Crippen LogP contribution in [0.1, 0.15) is 30.4 Å². The highest BCUT2D eigenvalue weighted by molar-refractivity contribution is 14.1. The Balaban J connectivity index is 2.12. The molecule has 0 saturated carbocycles. The standard InChI is InChI=1S/C13H17IO2/c1-11-7-4-5-9-12(11)8-3-2-6-10-16-13(14)15/h4-5,7,9H,2-3,6,8,10H2,1H3. The second-order valence-corrected chi connectivity index (χ2v) is 4.70. The van der Waals surface area contributed by atoms with Crippen molar-refractivity contribution in [3.05, 3.63) is 35.4 Å². The lowest BCUT2D eigenvalue weighted by Gasteiger charge is -2.05. The maximum atomic E-state index is 10.5. The Morgan fingerprint density at radius 2 is 2.00 bits per heavy atom. The number of hydrogen-bond acceptors (Lipinski definition) is 2. The molecule has 2 nitrogen and oxygen atoms in total. The molecule has 1 aromatic rings. The smallest absolute Gasteiger partial charge is 0.367 e. The summed E-state index contributed by atoms with van der Waals surface area (Å²) < 4.78 is 4.65. The number of ether oxygens (including phenoxy) is 1. The molecule has 0 aliphatic carbocycles. The van der Waals surface area contributed by atoms with Crippen LogP contribution in [-0.2, 0) is 11.2 Å². The second kappa shape index (κ2) is 7.65. The molecule has 0 spiro atoms. The van der Waals surface area contributed by atoms with Crippen LogP contribution in [0.3, 0.4) is 0 Å². The van der Waals surface area contributed by atoms with Gasteiger partial charge in [-0.3, -0.25) is 0 Å². The minimum atomic E-state index is -0.212. The third-order valence-electron chi connectivity index (χ3n) is 2.57. The highest BCUT2D eigenvalue weighted by Crippen LogP contribution is 2.11. The number of hydrogen-bond donors (Lipinski definition) is 0. The van der Waals surface area contributed by atoms with Crippen molar-refractivity contribution in [2.75, 3.05) is 6.61 Å². The zero-order chi connectivity index (χ0) is 11.8. The molecule has 0 aliphatic heterocycles. The molecule has 0 atom stereocenters. The number of unbranched alkanes of at least 4 members (excludes halogenated alkanes) is 2. The summed E-state index contributed by atoms with van der Waals surface area (Å²) in [6.45, 7) is 2.70. The molecular formula is C13H17IO2. The van der Waals surface area contributed by atoms with Gasteiger partial charge < -0.3 is 4.74 Å². The molecule has 0 N–H and O–H groups in total. The summed E-state index contributed by atoms with van der Waals surface area (Å²) in [4.78, 5) is 10.5. The van der Waals surface area contributed by atoms with Crippen molar-refractivity contribution in [3.63, 3.8) is 0 Å². The van der Waals surface area contributed by atoms with Crippen LogP contribution in [0, 0.1) is 6.92 Å². The average molecular weight is 332 g/mol. The fourth-order valence-electron chi connectivity index (χ4n) is 1.64. The normalized spacial score (nSPS) is 10.1. The summed E-state index contributed by atoms with van der Waals surface area (Å²) in [7, 11) is 0. The van der Waals surface area contributed by atoms with Gasteiger partial charge >= 0.3 is 3.98 Å². The molecule has 0 aliphatic rings. The van der Waals surface area contributed by atoms with Gasteiger partial charge in [-0.25, -0.2) is 4.79 Å². The summed E-state index contributed by atoms with van der Waals surface area (Å²) in [5, 5.41) is 0. The van der Waals surface area contributed by atoms with Crippen LogP contribution in [0.5, 0.6) is 0 Å². The van der Waals surface area contributed by atoms with Gasteiger partial charge in [0.15, 0.2) is 0 Å². The van der Waals surface area contributed by atoms with Crippen LogP contribution in [0.4, 0.5) is 4.79 Å². The Kier molecular flexibility index (Phi) is 6.45. The van der Waals surface area contributed by atoms with Gasteiger partial charge in [0.05, 0.1) is 29.2 Å². The van der Waals surface area contributed by atoms with Crippen LogP contribution < -0.4 is 0 Å². The van der Waals surface area contributed by atoms with E-state index < -0.39 is 0 Å². The molecule has 1 rings (SSSR count). The van der Waals surface area contributed by atoms with E-state index >= 15 is 0 Å². The third kappa shape index (κ3) is 5.49. The first-order valence-electron chi connectivity index (χ1n) is 5.57. The molecule has 0 fully saturated rings. The predicted molar refractivity (Wildman–Crippen MR) is 74.1 cm³/mol. The van der Waals surface area contributed by atoms with Gasteiger partial charge in [-0.1, -0.05) is 24.3 Å². The number of carbonyl (C=O) groups is 1. The molecule has 0 aromatic heterocycles. The maximum Gasteiger partial charge on any atom is 0.367 e. The molecule has 0 heterocycles. The van der Waals surface area contributed by atoms with Gasteiger partial charge in [0.25, 0.3) is 0 Å². The predicted octanol–water partition coefficient (Wildman–Crippen LogP) is 4.28. The summed E-state index contributed by atoms with van der Waals surface area (Å²) in [5.74, 6) is 0. The molecule has 1 aromatic carbocycles. The lowest BCUT2D eigenvalue weighted by atomic mass is 10.0. The molecule has 0 unspecified atom stereocenters. The van der Waals surface area contributed by atoms with E-state index in [1.54, 1.807) is 22.6 Å². The minimum Gasteiger partial charge on any atom is -0.458 e. The quantitative estimate of drug-likeness (QED) is 0.442. The molecule has 88 valence electrons. The van der Waals surface area contributed by atoms with Gasteiger partial charge in [-0.2, -0.15) is 0 Å². The zero-order valence-corrected chi connectivity index (χ0v) is 11.7. The fraction of sp³-hybridized carbons (Fsp3) is 0.462. The first-order valence-corrected chi connectivity index (χ1v) is 6.65. The number of rotatable bonds is 6. The van der Waals surface area contributed by atoms with Gasteiger partial charge in [0, 0.05) is 0 Å². The molecule has 0 bridgehead atoms. The topological polar surface area (TPSA) is 26.3 Å². The lowest BCUT2D eigenvalue weighted by molar-refractivity contribution is 0.176. The minimum absolute atomic E-state index is 0.212. The monoisotopic (exact) mass is 332 g/mol. The largest absolute Gasteiger partial charge is 0.458 e. The SMILES string of the molecule is Cc1ccccc1CCCCCOC(=O)I. The van der Waals surface area contributed by atoms with Crippen LogP contribution >= 0.6 is 22.6 Å². The van der Waals surface area contributed by atoms with Gasteiger partial charge in [0.1, 0.15) is 0 Å². The van der Waals surface area contributed by atoms with Crippen molar-refractivity contribution >= 4 is 26.6 Å². The summed E-state index contributed by atoms with van der Waals surface area (Å²) in [5.41, 5.74) is 2.79. The van der Waals surface area contributed by atoms with E-state index in [0.29, 0.717) is 6.61 Å². The van der Waals surface area contributed by atoms with E-state index in [4.69, 9.17) is 4.74 Å². The molecular weight excluding hydrogens is 315 g/mol. The summed E-state index contributed by atoms with van der Waals surface area (Å²) in [6.07, 6.45) is 4.34. The van der Waals surface area contributed by atoms with Gasteiger partial charge in [-0.05, 0) is 43.7 Å². The Labute approximate surface area is 111 Å². The van der Waals surface area contributed by atoms with Crippen molar-refractivity contribution in [2.24, 2.45) is 0 Å². The van der Waals surface area contributed by atoms with Crippen LogP contribution in [0.25, 0.3) is 0 Å². The molecule has 0 saturated heterocycles. The van der Waals surface area contributed by atoms with E-state index in [1.165, 1.54) is 11.1 Å². The molecule has 16 heavy (non-hydrogen) atoms. The number of aryl methyl sites for hydroxylation is 2. The van der Waals surface area contributed by atoms with Crippen LogP contribution in [-0.4, -0.2) is 10.6 Å². The van der Waals surface area contributed by atoms with Crippen molar-refractivity contribution < 1.29 is 9.53 Å². The molecule has 3 heteroatoms. The van der Waals surface area contributed by atoms with Crippen molar-refractivity contribution in [2.45, 2.75) is 32.6 Å². The number of halogens is 1. The Morgan fingerprint density at radius 1 is 1.25 bits per heavy atom. The first-order chi connectivity index (χ1) is 7.70. The number of carbonyl (C=O) groups excluding carboxylic acids is 1. The maximum absolute atomic E-state index is 10.5. The van der Waals surface area contributed by atoms with E-state index in [-0.39, 0.29) is 3.98 Å². The Hall–Kier alpha value is -0.580. The highest BCUT2D eigenvalue weighted by Gasteiger charge is 1.98. The van der Waals surface area contributed by atoms with Gasteiger partial charge in [-0.15, -0.1) is 0 Å². The highest BCUT2D eigenvalue weighted by atomic mass is 127. The third-order valence-corrected chi connectivity index (χ3v) is 2.88. The van der Waals surface area contributed by atoms with Crippen molar-refractivity contribution in [1.29, 1.82) is 0 Å². The van der Waals surface area contributed by atoms with Crippen molar-refractivity contribution in [3.8, 4) is 0 Å². The van der Waals surface area contributed by atoms with Crippen LogP contribution in [0.2, 0.25) is 0 Å². The van der Waals surface area contributed by atoms with E-state index in [2.05, 4.69) is 31.2 Å². The summed E-state index contributed by atoms with van der Waals surface area (Å²) in [6, 6.07) is 8.48. The second-order valence-electron chi connectivity index (χ2n) is 3.82. The number of benzene rings is 1. The average Bonchev–Trinajstić information content (AvgIpc) is 2.25. The summed E-state index contributed by atoms with van der Waals surface area (Å²) >= 11 is 1.66. The Bertz CT molecular complexity index is 336. The van der Waals surface area contributed by atoms with Crippen LogP contribution in [0.15, 0.2) is 24.3 Å². The zero-order valence-electron chi connectivity index (χ0n) is 9.54. The first kappa shape index (κ1) is 13.5.